The molecule has 0 atom stereocenters. The molecule has 16 heavy (non-hydrogen) atoms. The van der Waals surface area contributed by atoms with Gasteiger partial charge in [0.1, 0.15) is 0 Å². The molecule has 0 heterocycles. The zero-order valence-corrected chi connectivity index (χ0v) is 13.4. The summed E-state index contributed by atoms with van der Waals surface area (Å²) in [5, 5.41) is 0. The minimum atomic E-state index is 0.121. The van der Waals surface area contributed by atoms with E-state index in [2.05, 4.69) is 26.4 Å². The summed E-state index contributed by atoms with van der Waals surface area (Å²) in [5.41, 5.74) is 0. The fourth-order valence-electron chi connectivity index (χ4n) is 0.805. The fraction of sp³-hybridized carbons (Fsp3) is 0.889. The summed E-state index contributed by atoms with van der Waals surface area (Å²) < 4.78 is 18.8. The number of ether oxygens (including phenoxy) is 3. The molecule has 0 unspecified atom stereocenters. The highest BCUT2D eigenvalue weighted by atomic mass is 127. The lowest BCUT2D eigenvalue weighted by molar-refractivity contribution is -0.110. The van der Waals surface area contributed by atoms with Crippen LogP contribution in [0.5, 0.6) is 0 Å². The Labute approximate surface area is 124 Å². The first kappa shape index (κ1) is 17.0. The molecule has 0 amide bonds. The summed E-state index contributed by atoms with van der Waals surface area (Å²) in [6.45, 7) is 4.26. The lowest BCUT2D eigenvalue weighted by Gasteiger charge is -2.05. The first-order chi connectivity index (χ1) is 7.77. The molecule has 0 spiro atoms. The van der Waals surface area contributed by atoms with Crippen molar-refractivity contribution < 1.29 is 19.0 Å². The summed E-state index contributed by atoms with van der Waals surface area (Å²) in [6, 6.07) is 0. The highest BCUT2D eigenvalue weighted by Crippen LogP contribution is 1.92. The van der Waals surface area contributed by atoms with Crippen molar-refractivity contribution in [2.24, 2.45) is 0 Å². The van der Waals surface area contributed by atoms with Crippen LogP contribution in [-0.4, -0.2) is 50.0 Å². The average Bonchev–Trinajstić information content (AvgIpc) is 2.25. The number of hydrogen-bond donors (Lipinski definition) is 1. The maximum Gasteiger partial charge on any atom is 0.194 e. The van der Waals surface area contributed by atoms with Gasteiger partial charge >= 0.3 is 0 Å². The number of nitrogens with one attached hydrogen (secondary N) is 1. The molecule has 0 radical (unpaired) electrons. The Kier molecular flexibility index (Phi) is 14.9. The van der Waals surface area contributed by atoms with Gasteiger partial charge in [0.2, 0.25) is 0 Å². The summed E-state index contributed by atoms with van der Waals surface area (Å²) in [6.07, 6.45) is 0.465. The van der Waals surface area contributed by atoms with Gasteiger partial charge in [-0.2, -0.15) is 0 Å². The Hall–Kier alpha value is 0.970. The maximum atomic E-state index is 10.6. The van der Waals surface area contributed by atoms with Crippen LogP contribution in [0.4, 0.5) is 0 Å². The first-order valence-corrected chi connectivity index (χ1v) is 7.18. The number of halogens is 2. The molecule has 0 saturated heterocycles. The quantitative estimate of drug-likeness (QED) is 0.208. The molecule has 1 N–H and O–H groups in total. The second kappa shape index (κ2) is 14.0. The SMILES string of the molecule is O=C(I)CCOCCOCCOCCNI. The van der Waals surface area contributed by atoms with Crippen molar-refractivity contribution >= 4 is 49.2 Å². The fourth-order valence-corrected chi connectivity index (χ4v) is 1.25. The third-order valence-electron chi connectivity index (χ3n) is 1.53. The van der Waals surface area contributed by atoms with Crippen LogP contribution in [0.15, 0.2) is 0 Å². The molecule has 0 aliphatic rings. The Bertz CT molecular complexity index is 172. The average molecular weight is 457 g/mol. The highest BCUT2D eigenvalue weighted by Gasteiger charge is 1.95. The van der Waals surface area contributed by atoms with Crippen molar-refractivity contribution in [2.75, 3.05) is 46.2 Å². The molecular weight excluding hydrogens is 440 g/mol. The van der Waals surface area contributed by atoms with E-state index < -0.39 is 0 Å². The van der Waals surface area contributed by atoms with Crippen molar-refractivity contribution in [1.82, 2.24) is 3.53 Å². The molecule has 0 aromatic rings. The first-order valence-electron chi connectivity index (χ1n) is 5.02. The van der Waals surface area contributed by atoms with Gasteiger partial charge in [0.05, 0.1) is 39.6 Å². The standard InChI is InChI=1S/C9H17I2NO4/c10-9(13)1-3-14-5-7-16-8-6-15-4-2-12-11/h12H,1-8H2. The van der Waals surface area contributed by atoms with Crippen LogP contribution in [0.1, 0.15) is 6.42 Å². The topological polar surface area (TPSA) is 56.8 Å². The summed E-state index contributed by atoms with van der Waals surface area (Å²) in [7, 11) is 0. The van der Waals surface area contributed by atoms with E-state index in [0.29, 0.717) is 46.1 Å². The van der Waals surface area contributed by atoms with Gasteiger partial charge in [-0.05, 0) is 22.6 Å². The second-order valence-corrected chi connectivity index (χ2v) is 4.79. The number of carbonyl (C=O) groups excluding carboxylic acids is 1. The number of rotatable bonds is 12. The van der Waals surface area contributed by atoms with Gasteiger partial charge in [0.15, 0.2) is 3.79 Å². The highest BCUT2D eigenvalue weighted by molar-refractivity contribution is 14.1. The normalized spacial score (nSPS) is 10.6. The lowest BCUT2D eigenvalue weighted by Crippen LogP contribution is -2.14. The Morgan fingerprint density at radius 2 is 1.44 bits per heavy atom. The zero-order valence-electron chi connectivity index (χ0n) is 9.05. The molecule has 5 nitrogen and oxygen atoms in total. The minimum absolute atomic E-state index is 0.121. The molecule has 0 aliphatic heterocycles. The predicted molar refractivity (Wildman–Crippen MR) is 78.1 cm³/mol. The van der Waals surface area contributed by atoms with E-state index in [1.165, 1.54) is 0 Å². The smallest absolute Gasteiger partial charge is 0.194 e. The molecule has 0 bridgehead atoms. The van der Waals surface area contributed by atoms with Crippen molar-refractivity contribution in [1.29, 1.82) is 0 Å². The van der Waals surface area contributed by atoms with Crippen molar-refractivity contribution in [2.45, 2.75) is 6.42 Å². The van der Waals surface area contributed by atoms with Gasteiger partial charge < -0.3 is 14.2 Å². The summed E-state index contributed by atoms with van der Waals surface area (Å²) >= 11 is 3.84. The maximum absolute atomic E-state index is 10.6. The Balaban J connectivity index is 2.90. The van der Waals surface area contributed by atoms with Gasteiger partial charge in [-0.3, -0.25) is 8.32 Å². The van der Waals surface area contributed by atoms with Crippen LogP contribution in [0.25, 0.3) is 0 Å². The third-order valence-corrected chi connectivity index (χ3v) is 2.61. The number of hydrogen-bond acceptors (Lipinski definition) is 5. The van der Waals surface area contributed by atoms with Crippen LogP contribution in [0.3, 0.4) is 0 Å². The van der Waals surface area contributed by atoms with Crippen molar-refractivity contribution in [3.8, 4) is 0 Å². The molecule has 96 valence electrons. The predicted octanol–water partition coefficient (Wildman–Crippen LogP) is 1.33. The van der Waals surface area contributed by atoms with E-state index in [1.807, 2.05) is 0 Å². The zero-order chi connectivity index (χ0) is 12.1. The van der Waals surface area contributed by atoms with E-state index in [0.717, 1.165) is 6.54 Å². The van der Waals surface area contributed by atoms with Gasteiger partial charge in [-0.15, -0.1) is 0 Å². The van der Waals surface area contributed by atoms with Crippen LogP contribution in [0.2, 0.25) is 0 Å². The van der Waals surface area contributed by atoms with E-state index in [-0.39, 0.29) is 3.79 Å². The van der Waals surface area contributed by atoms with Crippen LogP contribution >= 0.6 is 45.5 Å². The molecule has 0 fully saturated rings. The summed E-state index contributed by atoms with van der Waals surface area (Å²) in [4.78, 5) is 10.6. The molecule has 7 heteroatoms. The molecule has 0 aliphatic carbocycles. The molecule has 0 saturated carbocycles. The van der Waals surface area contributed by atoms with E-state index in [4.69, 9.17) is 14.2 Å². The second-order valence-electron chi connectivity index (χ2n) is 2.83. The van der Waals surface area contributed by atoms with Gasteiger partial charge in [-0.25, -0.2) is 0 Å². The van der Waals surface area contributed by atoms with Crippen LogP contribution in [0, 0.1) is 0 Å². The molecule has 0 aromatic carbocycles. The third kappa shape index (κ3) is 15.0. The molecular formula is C9H17I2NO4. The Morgan fingerprint density at radius 3 is 1.94 bits per heavy atom. The van der Waals surface area contributed by atoms with E-state index >= 15 is 0 Å². The number of carbonyl (C=O) groups is 1. The largest absolute Gasteiger partial charge is 0.379 e. The van der Waals surface area contributed by atoms with Gasteiger partial charge in [-0.1, -0.05) is 0 Å². The van der Waals surface area contributed by atoms with E-state index in [1.54, 1.807) is 22.6 Å². The van der Waals surface area contributed by atoms with Crippen molar-refractivity contribution in [3.05, 3.63) is 0 Å². The van der Waals surface area contributed by atoms with Crippen LogP contribution in [-0.2, 0) is 19.0 Å². The van der Waals surface area contributed by atoms with Crippen LogP contribution < -0.4 is 3.53 Å². The summed E-state index contributed by atoms with van der Waals surface area (Å²) in [5.74, 6) is 0. The van der Waals surface area contributed by atoms with Gasteiger partial charge in [0, 0.05) is 35.8 Å². The van der Waals surface area contributed by atoms with Crippen molar-refractivity contribution in [3.63, 3.8) is 0 Å². The monoisotopic (exact) mass is 457 g/mol. The minimum Gasteiger partial charge on any atom is -0.379 e. The molecule has 0 rings (SSSR count). The van der Waals surface area contributed by atoms with Gasteiger partial charge in [0.25, 0.3) is 0 Å². The molecule has 0 aromatic heterocycles. The lowest BCUT2D eigenvalue weighted by atomic mass is 10.5. The Morgan fingerprint density at radius 1 is 0.938 bits per heavy atom. The van der Waals surface area contributed by atoms with E-state index in [9.17, 15) is 4.79 Å².